The Kier molecular flexibility index (Phi) is 6.12. The molecule has 1 aromatic rings. The molecule has 4 N–H and O–H groups in total. The van der Waals surface area contributed by atoms with Crippen LogP contribution in [0.5, 0.6) is 0 Å². The first-order valence-electron chi connectivity index (χ1n) is 6.49. The van der Waals surface area contributed by atoms with E-state index >= 15 is 0 Å². The van der Waals surface area contributed by atoms with Crippen molar-refractivity contribution >= 4 is 21.6 Å². The molecule has 112 valence electrons. The summed E-state index contributed by atoms with van der Waals surface area (Å²) in [6.07, 6.45) is 1.28. The summed E-state index contributed by atoms with van der Waals surface area (Å²) < 4.78 is 27.0. The molecule has 0 aliphatic carbocycles. The minimum atomic E-state index is -3.56. The first-order chi connectivity index (χ1) is 9.39. The first-order valence-corrected chi connectivity index (χ1v) is 7.97. The van der Waals surface area contributed by atoms with Crippen LogP contribution in [-0.4, -0.2) is 26.9 Å². The van der Waals surface area contributed by atoms with Crippen molar-refractivity contribution in [2.24, 2.45) is 5.73 Å². The summed E-state index contributed by atoms with van der Waals surface area (Å²) in [6, 6.07) is 5.87. The van der Waals surface area contributed by atoms with Gasteiger partial charge in [-0.25, -0.2) is 13.1 Å². The van der Waals surface area contributed by atoms with E-state index in [-0.39, 0.29) is 16.8 Å². The van der Waals surface area contributed by atoms with Crippen LogP contribution in [-0.2, 0) is 14.8 Å². The average molecular weight is 299 g/mol. The van der Waals surface area contributed by atoms with Crippen LogP contribution in [0, 0.1) is 0 Å². The zero-order valence-electron chi connectivity index (χ0n) is 11.7. The second-order valence-corrected chi connectivity index (χ2v) is 6.22. The van der Waals surface area contributed by atoms with E-state index in [1.807, 2.05) is 6.92 Å². The highest BCUT2D eigenvalue weighted by Crippen LogP contribution is 2.15. The molecule has 0 saturated heterocycles. The van der Waals surface area contributed by atoms with Crippen molar-refractivity contribution in [1.82, 2.24) is 4.72 Å². The smallest absolute Gasteiger partial charge is 0.240 e. The molecule has 0 fully saturated rings. The van der Waals surface area contributed by atoms with Crippen LogP contribution >= 0.6 is 0 Å². The molecule has 0 bridgehead atoms. The first kappa shape index (κ1) is 16.6. The lowest BCUT2D eigenvalue weighted by Crippen LogP contribution is -2.35. The van der Waals surface area contributed by atoms with Crippen molar-refractivity contribution in [2.45, 2.75) is 37.6 Å². The average Bonchev–Trinajstić information content (AvgIpc) is 2.38. The van der Waals surface area contributed by atoms with E-state index in [2.05, 4.69) is 10.0 Å². The Bertz CT molecular complexity index is 540. The molecule has 0 spiro atoms. The maximum absolute atomic E-state index is 12.2. The van der Waals surface area contributed by atoms with Gasteiger partial charge in [0.2, 0.25) is 15.9 Å². The van der Waals surface area contributed by atoms with E-state index in [1.165, 1.54) is 19.1 Å². The fourth-order valence-electron chi connectivity index (χ4n) is 1.76. The number of hydrogen-bond donors (Lipinski definition) is 3. The molecule has 0 saturated carbocycles. The van der Waals surface area contributed by atoms with E-state index in [9.17, 15) is 13.2 Å². The number of benzene rings is 1. The summed E-state index contributed by atoms with van der Waals surface area (Å²) in [5, 5.41) is 2.58. The number of anilines is 1. The van der Waals surface area contributed by atoms with Crippen molar-refractivity contribution in [3.05, 3.63) is 24.3 Å². The van der Waals surface area contributed by atoms with Crippen molar-refractivity contribution in [3.63, 3.8) is 0 Å². The molecule has 0 aliphatic rings. The number of amides is 1. The Morgan fingerprint density at radius 1 is 1.30 bits per heavy atom. The predicted octanol–water partition coefficient (Wildman–Crippen LogP) is 1.05. The van der Waals surface area contributed by atoms with E-state index in [0.29, 0.717) is 25.1 Å². The number of sulfonamides is 1. The van der Waals surface area contributed by atoms with Crippen LogP contribution < -0.4 is 15.8 Å². The Hall–Kier alpha value is -1.44. The summed E-state index contributed by atoms with van der Waals surface area (Å²) in [7, 11) is -3.56. The van der Waals surface area contributed by atoms with Crippen molar-refractivity contribution in [2.75, 3.05) is 11.9 Å². The third-order valence-electron chi connectivity index (χ3n) is 2.81. The second-order valence-electron chi connectivity index (χ2n) is 4.51. The van der Waals surface area contributed by atoms with Crippen molar-refractivity contribution < 1.29 is 13.2 Å². The molecule has 1 rings (SSSR count). The third-order valence-corrected chi connectivity index (χ3v) is 4.35. The molecule has 0 heterocycles. The van der Waals surface area contributed by atoms with Gasteiger partial charge in [0.15, 0.2) is 0 Å². The predicted molar refractivity (Wildman–Crippen MR) is 78.8 cm³/mol. The summed E-state index contributed by atoms with van der Waals surface area (Å²) in [4.78, 5) is 11.1. The van der Waals surface area contributed by atoms with Crippen molar-refractivity contribution in [1.29, 1.82) is 0 Å². The molecule has 1 unspecified atom stereocenters. The summed E-state index contributed by atoms with van der Waals surface area (Å²) in [5.74, 6) is -0.201. The van der Waals surface area contributed by atoms with Gasteiger partial charge in [-0.2, -0.15) is 0 Å². The van der Waals surface area contributed by atoms with Gasteiger partial charge in [0.05, 0.1) is 4.90 Å². The zero-order chi connectivity index (χ0) is 15.2. The topological polar surface area (TPSA) is 101 Å². The lowest BCUT2D eigenvalue weighted by Gasteiger charge is -2.16. The summed E-state index contributed by atoms with van der Waals surface area (Å²) in [5.41, 5.74) is 6.01. The monoisotopic (exact) mass is 299 g/mol. The number of nitrogens with one attached hydrogen (secondary N) is 2. The fourth-order valence-corrected chi connectivity index (χ4v) is 3.11. The van der Waals surface area contributed by atoms with E-state index < -0.39 is 10.0 Å². The molecule has 0 radical (unpaired) electrons. The molecule has 6 nitrogen and oxygen atoms in total. The Morgan fingerprint density at radius 2 is 1.90 bits per heavy atom. The lowest BCUT2D eigenvalue weighted by molar-refractivity contribution is -0.114. The van der Waals surface area contributed by atoms with Gasteiger partial charge in [-0.05, 0) is 43.7 Å². The van der Waals surface area contributed by atoms with Gasteiger partial charge in [0.1, 0.15) is 0 Å². The molecule has 0 aliphatic heterocycles. The maximum Gasteiger partial charge on any atom is 0.240 e. The third kappa shape index (κ3) is 4.92. The highest BCUT2D eigenvalue weighted by molar-refractivity contribution is 7.89. The number of nitrogens with two attached hydrogens (primary N) is 1. The minimum absolute atomic E-state index is 0.167. The van der Waals surface area contributed by atoms with Crippen LogP contribution in [0.2, 0.25) is 0 Å². The minimum Gasteiger partial charge on any atom is -0.330 e. The molecule has 1 atom stereocenters. The maximum atomic E-state index is 12.2. The summed E-state index contributed by atoms with van der Waals surface area (Å²) >= 11 is 0. The highest BCUT2D eigenvalue weighted by atomic mass is 32.2. The number of hydrogen-bond acceptors (Lipinski definition) is 4. The molecular weight excluding hydrogens is 278 g/mol. The van der Waals surface area contributed by atoms with Gasteiger partial charge in [-0.1, -0.05) is 6.92 Å². The summed E-state index contributed by atoms with van der Waals surface area (Å²) in [6.45, 7) is 3.73. The SMILES string of the molecule is CCC(CCN)NS(=O)(=O)c1ccc(NC(C)=O)cc1. The Balaban J connectivity index is 2.84. The van der Waals surface area contributed by atoms with Gasteiger partial charge in [-0.15, -0.1) is 0 Å². The Morgan fingerprint density at radius 3 is 2.35 bits per heavy atom. The van der Waals surface area contributed by atoms with E-state index in [1.54, 1.807) is 12.1 Å². The second kappa shape index (κ2) is 7.37. The zero-order valence-corrected chi connectivity index (χ0v) is 12.5. The number of carbonyl (C=O) groups excluding carboxylic acids is 1. The van der Waals surface area contributed by atoms with Crippen LogP contribution in [0.15, 0.2) is 29.2 Å². The molecule has 7 heteroatoms. The number of carbonyl (C=O) groups is 1. The molecule has 0 aromatic heterocycles. The van der Waals surface area contributed by atoms with Crippen LogP contribution in [0.25, 0.3) is 0 Å². The van der Waals surface area contributed by atoms with Gasteiger partial charge < -0.3 is 11.1 Å². The van der Waals surface area contributed by atoms with Gasteiger partial charge >= 0.3 is 0 Å². The Labute approximate surface area is 119 Å². The van der Waals surface area contributed by atoms with E-state index in [4.69, 9.17) is 5.73 Å². The van der Waals surface area contributed by atoms with E-state index in [0.717, 1.165) is 0 Å². The fraction of sp³-hybridized carbons (Fsp3) is 0.462. The molecular formula is C13H21N3O3S. The number of rotatable bonds is 7. The molecule has 1 amide bonds. The van der Waals surface area contributed by atoms with Gasteiger partial charge in [-0.3, -0.25) is 4.79 Å². The molecule has 1 aromatic carbocycles. The van der Waals surface area contributed by atoms with Crippen LogP contribution in [0.4, 0.5) is 5.69 Å². The standard InChI is InChI=1S/C13H21N3O3S/c1-3-11(8-9-14)16-20(18,19)13-6-4-12(5-7-13)15-10(2)17/h4-7,11,16H,3,8-9,14H2,1-2H3,(H,15,17). The van der Waals surface area contributed by atoms with Gasteiger partial charge in [0.25, 0.3) is 0 Å². The molecule has 20 heavy (non-hydrogen) atoms. The van der Waals surface area contributed by atoms with Crippen LogP contribution in [0.1, 0.15) is 26.7 Å². The quantitative estimate of drug-likeness (QED) is 0.700. The van der Waals surface area contributed by atoms with Gasteiger partial charge in [0, 0.05) is 18.7 Å². The largest absolute Gasteiger partial charge is 0.330 e. The highest BCUT2D eigenvalue weighted by Gasteiger charge is 2.18. The normalized spacial score (nSPS) is 12.9. The van der Waals surface area contributed by atoms with Crippen LogP contribution in [0.3, 0.4) is 0 Å². The van der Waals surface area contributed by atoms with Crippen molar-refractivity contribution in [3.8, 4) is 0 Å². The lowest BCUT2D eigenvalue weighted by atomic mass is 10.2.